The summed E-state index contributed by atoms with van der Waals surface area (Å²) in [5.41, 5.74) is -1.99. The van der Waals surface area contributed by atoms with Crippen molar-refractivity contribution >= 4 is 17.7 Å². The summed E-state index contributed by atoms with van der Waals surface area (Å²) in [6.07, 6.45) is 0. The summed E-state index contributed by atoms with van der Waals surface area (Å²) in [6, 6.07) is 1.23. The average Bonchev–Trinajstić information content (AvgIpc) is 2.20. The third kappa shape index (κ3) is 1.88. The first kappa shape index (κ1) is 11.8. The number of carbonyl (C=O) groups excluding carboxylic acids is 1. The standard InChI is InChI=1S/C9H4F2O5/c10-5-3(7(12)9(15)16)1-2-4(6(5)11)8(13)14/h1-2H,(H,13,14)(H,15,16). The van der Waals surface area contributed by atoms with E-state index in [1.165, 1.54) is 0 Å². The molecule has 1 rings (SSSR count). The summed E-state index contributed by atoms with van der Waals surface area (Å²) in [5.74, 6) is -8.87. The Morgan fingerprint density at radius 1 is 0.938 bits per heavy atom. The molecule has 0 atom stereocenters. The summed E-state index contributed by atoms with van der Waals surface area (Å²) in [5, 5.41) is 16.7. The van der Waals surface area contributed by atoms with Gasteiger partial charge in [-0.3, -0.25) is 4.79 Å². The van der Waals surface area contributed by atoms with Crippen LogP contribution in [0.15, 0.2) is 12.1 Å². The first-order chi connectivity index (χ1) is 7.36. The van der Waals surface area contributed by atoms with Gasteiger partial charge in [0.05, 0.1) is 11.1 Å². The van der Waals surface area contributed by atoms with Crippen molar-refractivity contribution in [2.24, 2.45) is 0 Å². The van der Waals surface area contributed by atoms with Crippen molar-refractivity contribution < 1.29 is 33.4 Å². The molecule has 16 heavy (non-hydrogen) atoms. The fourth-order valence-electron chi connectivity index (χ4n) is 1.01. The fraction of sp³-hybridized carbons (Fsp3) is 0. The van der Waals surface area contributed by atoms with E-state index in [-0.39, 0.29) is 0 Å². The second-order valence-corrected chi connectivity index (χ2v) is 2.73. The molecule has 0 aromatic heterocycles. The molecular formula is C9H4F2O5. The van der Waals surface area contributed by atoms with Crippen molar-refractivity contribution in [2.75, 3.05) is 0 Å². The predicted octanol–water partition coefficient (Wildman–Crippen LogP) is 0.930. The summed E-state index contributed by atoms with van der Waals surface area (Å²) in [4.78, 5) is 31.5. The summed E-state index contributed by atoms with van der Waals surface area (Å²) >= 11 is 0. The van der Waals surface area contributed by atoms with Crippen LogP contribution >= 0.6 is 0 Å². The summed E-state index contributed by atoms with van der Waals surface area (Å²) < 4.78 is 26.1. The molecule has 0 unspecified atom stereocenters. The first-order valence-electron chi connectivity index (χ1n) is 3.85. The van der Waals surface area contributed by atoms with E-state index in [4.69, 9.17) is 10.2 Å². The molecule has 84 valence electrons. The Morgan fingerprint density at radius 2 is 1.38 bits per heavy atom. The summed E-state index contributed by atoms with van der Waals surface area (Å²) in [7, 11) is 0. The zero-order chi connectivity index (χ0) is 12.5. The van der Waals surface area contributed by atoms with E-state index < -0.39 is 40.5 Å². The maximum atomic E-state index is 13.1. The zero-order valence-corrected chi connectivity index (χ0v) is 7.53. The van der Waals surface area contributed by atoms with Crippen molar-refractivity contribution in [1.82, 2.24) is 0 Å². The highest BCUT2D eigenvalue weighted by Gasteiger charge is 2.24. The Balaban J connectivity index is 3.38. The molecule has 5 nitrogen and oxygen atoms in total. The van der Waals surface area contributed by atoms with E-state index in [9.17, 15) is 23.2 Å². The second-order valence-electron chi connectivity index (χ2n) is 2.73. The SMILES string of the molecule is O=C(O)C(=O)c1ccc(C(=O)O)c(F)c1F. The second kappa shape index (κ2) is 4.05. The predicted molar refractivity (Wildman–Crippen MR) is 45.3 cm³/mol. The molecule has 0 bridgehead atoms. The Bertz CT molecular complexity index is 495. The smallest absolute Gasteiger partial charge is 0.377 e. The highest BCUT2D eigenvalue weighted by Crippen LogP contribution is 2.17. The minimum Gasteiger partial charge on any atom is -0.478 e. The van der Waals surface area contributed by atoms with Crippen molar-refractivity contribution in [3.8, 4) is 0 Å². The number of halogens is 2. The van der Waals surface area contributed by atoms with Crippen molar-refractivity contribution in [3.05, 3.63) is 34.9 Å². The molecule has 0 aliphatic carbocycles. The van der Waals surface area contributed by atoms with Gasteiger partial charge >= 0.3 is 11.9 Å². The lowest BCUT2D eigenvalue weighted by atomic mass is 10.1. The number of hydrogen-bond acceptors (Lipinski definition) is 3. The molecule has 0 amide bonds. The number of aromatic carboxylic acids is 1. The van der Waals surface area contributed by atoms with Crippen LogP contribution in [-0.4, -0.2) is 27.9 Å². The van der Waals surface area contributed by atoms with Gasteiger partial charge in [0, 0.05) is 0 Å². The number of Topliss-reactive ketones (excluding diaryl/α,β-unsaturated/α-hetero) is 1. The molecule has 0 fully saturated rings. The maximum absolute atomic E-state index is 13.1. The van der Waals surface area contributed by atoms with E-state index in [1.54, 1.807) is 0 Å². The number of carbonyl (C=O) groups is 3. The van der Waals surface area contributed by atoms with E-state index in [0.29, 0.717) is 12.1 Å². The van der Waals surface area contributed by atoms with Gasteiger partial charge in [0.2, 0.25) is 0 Å². The van der Waals surface area contributed by atoms with Gasteiger partial charge < -0.3 is 10.2 Å². The van der Waals surface area contributed by atoms with E-state index >= 15 is 0 Å². The third-order valence-electron chi connectivity index (χ3n) is 1.75. The number of rotatable bonds is 3. The topological polar surface area (TPSA) is 91.7 Å². The molecule has 0 spiro atoms. The van der Waals surface area contributed by atoms with Gasteiger partial charge in [-0.25, -0.2) is 18.4 Å². The van der Waals surface area contributed by atoms with Crippen LogP contribution < -0.4 is 0 Å². The lowest BCUT2D eigenvalue weighted by Crippen LogP contribution is -2.16. The van der Waals surface area contributed by atoms with Gasteiger partial charge in [-0.1, -0.05) is 0 Å². The lowest BCUT2D eigenvalue weighted by Gasteiger charge is -2.02. The molecule has 0 radical (unpaired) electrons. The zero-order valence-electron chi connectivity index (χ0n) is 7.53. The highest BCUT2D eigenvalue weighted by atomic mass is 19.2. The van der Waals surface area contributed by atoms with E-state index in [1.807, 2.05) is 0 Å². The quantitative estimate of drug-likeness (QED) is 0.595. The van der Waals surface area contributed by atoms with Crippen LogP contribution in [0.25, 0.3) is 0 Å². The summed E-state index contributed by atoms with van der Waals surface area (Å²) in [6.45, 7) is 0. The van der Waals surface area contributed by atoms with Crippen molar-refractivity contribution in [3.63, 3.8) is 0 Å². The first-order valence-corrected chi connectivity index (χ1v) is 3.85. The number of carboxylic acids is 2. The van der Waals surface area contributed by atoms with Crippen molar-refractivity contribution in [2.45, 2.75) is 0 Å². The van der Waals surface area contributed by atoms with Crippen LogP contribution in [0, 0.1) is 11.6 Å². The van der Waals surface area contributed by atoms with E-state index in [2.05, 4.69) is 0 Å². The van der Waals surface area contributed by atoms with Crippen LogP contribution in [0.3, 0.4) is 0 Å². The minimum atomic E-state index is -1.96. The molecule has 1 aromatic rings. The van der Waals surface area contributed by atoms with Crippen LogP contribution in [-0.2, 0) is 4.79 Å². The largest absolute Gasteiger partial charge is 0.478 e. The lowest BCUT2D eigenvalue weighted by molar-refractivity contribution is -0.131. The molecule has 0 heterocycles. The molecular weight excluding hydrogens is 226 g/mol. The van der Waals surface area contributed by atoms with Gasteiger partial charge in [0.1, 0.15) is 0 Å². The fourth-order valence-corrected chi connectivity index (χ4v) is 1.01. The average molecular weight is 230 g/mol. The van der Waals surface area contributed by atoms with Gasteiger partial charge in [0.25, 0.3) is 5.78 Å². The van der Waals surface area contributed by atoms with Gasteiger partial charge in [-0.15, -0.1) is 0 Å². The van der Waals surface area contributed by atoms with Gasteiger partial charge in [0.15, 0.2) is 11.6 Å². The van der Waals surface area contributed by atoms with Crippen LogP contribution in [0.4, 0.5) is 8.78 Å². The molecule has 0 saturated heterocycles. The monoisotopic (exact) mass is 230 g/mol. The number of benzene rings is 1. The van der Waals surface area contributed by atoms with Gasteiger partial charge in [-0.05, 0) is 12.1 Å². The Morgan fingerprint density at radius 3 is 1.81 bits per heavy atom. The maximum Gasteiger partial charge on any atom is 0.377 e. The molecule has 0 aliphatic rings. The number of carboxylic acid groups (broad SMARTS) is 2. The van der Waals surface area contributed by atoms with Crippen LogP contribution in [0.1, 0.15) is 20.7 Å². The minimum absolute atomic E-state index is 0.609. The number of hydrogen-bond donors (Lipinski definition) is 2. The van der Waals surface area contributed by atoms with Crippen molar-refractivity contribution in [1.29, 1.82) is 0 Å². The Kier molecular flexibility index (Phi) is 2.98. The molecule has 0 aliphatic heterocycles. The molecule has 7 heteroatoms. The number of ketones is 1. The molecule has 1 aromatic carbocycles. The van der Waals surface area contributed by atoms with Crippen LogP contribution in [0.2, 0.25) is 0 Å². The van der Waals surface area contributed by atoms with Crippen LogP contribution in [0.5, 0.6) is 0 Å². The normalized spacial score (nSPS) is 9.88. The molecule has 2 N–H and O–H groups in total. The van der Waals surface area contributed by atoms with Gasteiger partial charge in [-0.2, -0.15) is 0 Å². The highest BCUT2D eigenvalue weighted by molar-refractivity contribution is 6.39. The third-order valence-corrected chi connectivity index (χ3v) is 1.75. The molecule has 0 saturated carbocycles. The number of aliphatic carboxylic acids is 1. The van der Waals surface area contributed by atoms with E-state index in [0.717, 1.165) is 0 Å². The Hall–Kier alpha value is -2.31. The Labute approximate surface area is 86.9 Å².